The predicted molar refractivity (Wildman–Crippen MR) is 77.8 cm³/mol. The highest BCUT2D eigenvalue weighted by Crippen LogP contribution is 2.19. The molecule has 1 aromatic carbocycles. The third-order valence-corrected chi connectivity index (χ3v) is 3.79. The monoisotopic (exact) mass is 266 g/mol. The Hall–Kier alpha value is -1.00. The number of nitrogens with one attached hydrogen (secondary N) is 1. The standard InChI is InChI=1S/C14H22N2OS/c1-11(2)16(4)14(17)10-18-13-7-5-6-12(8-13)9-15-3/h5-8,11,15H,9-10H2,1-4H3. The lowest BCUT2D eigenvalue weighted by Gasteiger charge is -2.21. The van der Waals surface area contributed by atoms with Crippen molar-refractivity contribution in [2.24, 2.45) is 0 Å². The van der Waals surface area contributed by atoms with Crippen LogP contribution in [0.5, 0.6) is 0 Å². The van der Waals surface area contributed by atoms with Crippen LogP contribution >= 0.6 is 11.8 Å². The van der Waals surface area contributed by atoms with E-state index < -0.39 is 0 Å². The summed E-state index contributed by atoms with van der Waals surface area (Å²) in [4.78, 5) is 14.8. The fourth-order valence-electron chi connectivity index (χ4n) is 1.48. The summed E-state index contributed by atoms with van der Waals surface area (Å²) in [7, 11) is 3.78. The second kappa shape index (κ2) is 7.44. The van der Waals surface area contributed by atoms with Crippen LogP contribution in [-0.2, 0) is 11.3 Å². The van der Waals surface area contributed by atoms with Gasteiger partial charge in [-0.3, -0.25) is 4.79 Å². The number of thioether (sulfide) groups is 1. The Morgan fingerprint density at radius 3 is 2.78 bits per heavy atom. The second-order valence-electron chi connectivity index (χ2n) is 4.56. The highest BCUT2D eigenvalue weighted by molar-refractivity contribution is 8.00. The Morgan fingerprint density at radius 1 is 1.44 bits per heavy atom. The van der Waals surface area contributed by atoms with Gasteiger partial charge in [0.05, 0.1) is 5.75 Å². The first-order valence-electron chi connectivity index (χ1n) is 6.16. The van der Waals surface area contributed by atoms with Crippen LogP contribution in [0.3, 0.4) is 0 Å². The van der Waals surface area contributed by atoms with Gasteiger partial charge in [0.15, 0.2) is 0 Å². The van der Waals surface area contributed by atoms with E-state index in [9.17, 15) is 4.79 Å². The first kappa shape index (κ1) is 15.1. The van der Waals surface area contributed by atoms with Gasteiger partial charge in [-0.25, -0.2) is 0 Å². The minimum Gasteiger partial charge on any atom is -0.343 e. The average Bonchev–Trinajstić information content (AvgIpc) is 2.36. The zero-order chi connectivity index (χ0) is 13.5. The van der Waals surface area contributed by atoms with Gasteiger partial charge in [-0.1, -0.05) is 12.1 Å². The summed E-state index contributed by atoms with van der Waals surface area (Å²) in [5.74, 6) is 0.673. The van der Waals surface area contributed by atoms with Gasteiger partial charge in [0, 0.05) is 24.5 Å². The molecule has 4 heteroatoms. The smallest absolute Gasteiger partial charge is 0.232 e. The molecule has 0 aliphatic rings. The molecule has 1 amide bonds. The van der Waals surface area contributed by atoms with Crippen LogP contribution in [0.15, 0.2) is 29.2 Å². The molecule has 0 saturated heterocycles. The van der Waals surface area contributed by atoms with Gasteiger partial charge < -0.3 is 10.2 Å². The maximum Gasteiger partial charge on any atom is 0.232 e. The van der Waals surface area contributed by atoms with Crippen LogP contribution in [0.1, 0.15) is 19.4 Å². The van der Waals surface area contributed by atoms with Crippen molar-refractivity contribution in [3.63, 3.8) is 0 Å². The maximum atomic E-state index is 11.9. The second-order valence-corrected chi connectivity index (χ2v) is 5.61. The zero-order valence-corrected chi connectivity index (χ0v) is 12.4. The molecule has 0 aromatic heterocycles. The van der Waals surface area contributed by atoms with E-state index in [1.165, 1.54) is 5.56 Å². The molecule has 0 spiro atoms. The van der Waals surface area contributed by atoms with Crippen molar-refractivity contribution >= 4 is 17.7 Å². The average molecular weight is 266 g/mol. The van der Waals surface area contributed by atoms with E-state index in [4.69, 9.17) is 0 Å². The van der Waals surface area contributed by atoms with E-state index in [-0.39, 0.29) is 11.9 Å². The van der Waals surface area contributed by atoms with Crippen molar-refractivity contribution < 1.29 is 4.79 Å². The summed E-state index contributed by atoms with van der Waals surface area (Å²) in [6.07, 6.45) is 0. The van der Waals surface area contributed by atoms with Crippen LogP contribution in [0.4, 0.5) is 0 Å². The molecule has 1 aromatic rings. The number of benzene rings is 1. The molecule has 1 N–H and O–H groups in total. The van der Waals surface area contributed by atoms with Gasteiger partial charge in [-0.2, -0.15) is 0 Å². The maximum absolute atomic E-state index is 11.9. The lowest BCUT2D eigenvalue weighted by Crippen LogP contribution is -2.34. The van der Waals surface area contributed by atoms with Gasteiger partial charge in [0.2, 0.25) is 5.91 Å². The summed E-state index contributed by atoms with van der Waals surface area (Å²) < 4.78 is 0. The quantitative estimate of drug-likeness (QED) is 0.802. The first-order chi connectivity index (χ1) is 8.54. The molecule has 18 heavy (non-hydrogen) atoms. The number of hydrogen-bond donors (Lipinski definition) is 1. The van der Waals surface area contributed by atoms with Crippen molar-refractivity contribution in [3.05, 3.63) is 29.8 Å². The summed E-state index contributed by atoms with van der Waals surface area (Å²) in [6, 6.07) is 8.55. The third-order valence-electron chi connectivity index (χ3n) is 2.81. The van der Waals surface area contributed by atoms with Crippen molar-refractivity contribution in [1.29, 1.82) is 0 Å². The summed E-state index contributed by atoms with van der Waals surface area (Å²) >= 11 is 1.60. The molecule has 0 heterocycles. The molecule has 0 aliphatic heterocycles. The molecule has 0 radical (unpaired) electrons. The SMILES string of the molecule is CNCc1cccc(SCC(=O)N(C)C(C)C)c1. The highest BCUT2D eigenvalue weighted by atomic mass is 32.2. The van der Waals surface area contributed by atoms with Crippen LogP contribution in [0.25, 0.3) is 0 Å². The zero-order valence-electron chi connectivity index (χ0n) is 11.6. The number of nitrogens with zero attached hydrogens (tertiary/aromatic N) is 1. The van der Waals surface area contributed by atoms with E-state index in [2.05, 4.69) is 17.4 Å². The minimum atomic E-state index is 0.175. The van der Waals surface area contributed by atoms with Gasteiger partial charge in [-0.15, -0.1) is 11.8 Å². The largest absolute Gasteiger partial charge is 0.343 e. The lowest BCUT2D eigenvalue weighted by molar-refractivity contribution is -0.128. The molecule has 0 bridgehead atoms. The molecule has 0 atom stereocenters. The molecule has 0 saturated carbocycles. The fraction of sp³-hybridized carbons (Fsp3) is 0.500. The summed E-state index contributed by atoms with van der Waals surface area (Å²) in [6.45, 7) is 4.90. The summed E-state index contributed by atoms with van der Waals surface area (Å²) in [5, 5.41) is 3.12. The predicted octanol–water partition coefficient (Wildman–Crippen LogP) is 2.36. The Labute approximate surface area is 114 Å². The van der Waals surface area contributed by atoms with E-state index >= 15 is 0 Å². The number of amides is 1. The molecule has 1 rings (SSSR count). The Kier molecular flexibility index (Phi) is 6.22. The molecular weight excluding hydrogens is 244 g/mol. The van der Waals surface area contributed by atoms with E-state index in [1.54, 1.807) is 16.7 Å². The van der Waals surface area contributed by atoms with Gasteiger partial charge in [0.1, 0.15) is 0 Å². The third kappa shape index (κ3) is 4.70. The van der Waals surface area contributed by atoms with Crippen molar-refractivity contribution in [2.75, 3.05) is 19.8 Å². The van der Waals surface area contributed by atoms with Crippen LogP contribution in [0.2, 0.25) is 0 Å². The highest BCUT2D eigenvalue weighted by Gasteiger charge is 2.11. The topological polar surface area (TPSA) is 32.3 Å². The van der Waals surface area contributed by atoms with Crippen LogP contribution in [0, 0.1) is 0 Å². The normalized spacial score (nSPS) is 10.7. The molecule has 0 aliphatic carbocycles. The Morgan fingerprint density at radius 2 is 2.17 bits per heavy atom. The van der Waals surface area contributed by atoms with E-state index in [0.29, 0.717) is 5.75 Å². The van der Waals surface area contributed by atoms with Crippen molar-refractivity contribution in [2.45, 2.75) is 31.3 Å². The first-order valence-corrected chi connectivity index (χ1v) is 7.15. The molecule has 100 valence electrons. The lowest BCUT2D eigenvalue weighted by atomic mass is 10.2. The van der Waals surface area contributed by atoms with Gasteiger partial charge in [0.25, 0.3) is 0 Å². The van der Waals surface area contributed by atoms with Crippen LogP contribution < -0.4 is 5.32 Å². The van der Waals surface area contributed by atoms with Crippen molar-refractivity contribution in [1.82, 2.24) is 10.2 Å². The number of rotatable bonds is 6. The molecule has 0 fully saturated rings. The van der Waals surface area contributed by atoms with Crippen LogP contribution in [-0.4, -0.2) is 36.7 Å². The number of hydrogen-bond acceptors (Lipinski definition) is 3. The van der Waals surface area contributed by atoms with Crippen molar-refractivity contribution in [3.8, 4) is 0 Å². The number of carbonyl (C=O) groups excluding carboxylic acids is 1. The Balaban J connectivity index is 2.53. The molecule has 0 unspecified atom stereocenters. The summed E-state index contributed by atoms with van der Waals surface area (Å²) in [5.41, 5.74) is 1.24. The van der Waals surface area contributed by atoms with E-state index in [0.717, 1.165) is 11.4 Å². The molecular formula is C14H22N2OS. The fourth-order valence-corrected chi connectivity index (χ4v) is 2.39. The van der Waals surface area contributed by atoms with E-state index in [1.807, 2.05) is 40.1 Å². The minimum absolute atomic E-state index is 0.175. The van der Waals surface area contributed by atoms with Gasteiger partial charge >= 0.3 is 0 Å². The van der Waals surface area contributed by atoms with Gasteiger partial charge in [-0.05, 0) is 38.6 Å². The number of carbonyl (C=O) groups is 1. The Bertz CT molecular complexity index is 393. The molecule has 3 nitrogen and oxygen atoms in total.